The highest BCUT2D eigenvalue weighted by Crippen LogP contribution is 2.42. The summed E-state index contributed by atoms with van der Waals surface area (Å²) >= 11 is 6.49. The third-order valence-electron chi connectivity index (χ3n) is 6.60. The quantitative estimate of drug-likeness (QED) is 0.314. The minimum Gasteiger partial charge on any atom is -0.342 e. The Bertz CT molecular complexity index is 1660. The van der Waals surface area contributed by atoms with Crippen molar-refractivity contribution < 1.29 is 13.2 Å². The molecule has 6 rings (SSSR count). The van der Waals surface area contributed by atoms with E-state index in [0.717, 1.165) is 5.82 Å². The molecule has 5 aromatic heterocycles. The van der Waals surface area contributed by atoms with Crippen molar-refractivity contribution in [2.75, 3.05) is 12.0 Å². The summed E-state index contributed by atoms with van der Waals surface area (Å²) in [6.07, 6.45) is 6.27. The first-order valence-electron chi connectivity index (χ1n) is 11.7. The molecule has 5 aromatic rings. The molecule has 9 nitrogen and oxygen atoms in total. The summed E-state index contributed by atoms with van der Waals surface area (Å²) in [6, 6.07) is 7.55. The number of hydrogen-bond acceptors (Lipinski definition) is 6. The molecule has 194 valence electrons. The monoisotopic (exact) mass is 539 g/mol. The normalized spacial score (nSPS) is 14.8. The molecule has 6 heterocycles. The Morgan fingerprint density at radius 2 is 2.00 bits per heavy atom. The van der Waals surface area contributed by atoms with Gasteiger partial charge in [-0.2, -0.15) is 13.9 Å². The number of halogens is 4. The zero-order valence-electron chi connectivity index (χ0n) is 20.3. The van der Waals surface area contributed by atoms with E-state index in [1.165, 1.54) is 17.0 Å². The fourth-order valence-electron chi connectivity index (χ4n) is 4.73. The highest BCUT2D eigenvalue weighted by molar-refractivity contribution is 6.33. The van der Waals surface area contributed by atoms with Gasteiger partial charge in [-0.05, 0) is 30.7 Å². The van der Waals surface area contributed by atoms with Crippen LogP contribution in [0.2, 0.25) is 5.02 Å². The second-order valence-electron chi connectivity index (χ2n) is 9.05. The topological polar surface area (TPSA) is 91.3 Å². The molecule has 1 N–H and O–H groups in total. The Morgan fingerprint density at radius 3 is 2.74 bits per heavy atom. The van der Waals surface area contributed by atoms with E-state index in [1.54, 1.807) is 65.9 Å². The number of hydrogen-bond donors (Lipinski definition) is 1. The second kappa shape index (κ2) is 8.98. The first-order valence-corrected chi connectivity index (χ1v) is 12.1. The Morgan fingerprint density at radius 1 is 1.16 bits per heavy atom. The number of fused-ring (bicyclic) bond motifs is 3. The van der Waals surface area contributed by atoms with E-state index in [0.29, 0.717) is 33.2 Å². The Balaban J connectivity index is 1.42. The van der Waals surface area contributed by atoms with Gasteiger partial charge in [-0.1, -0.05) is 17.7 Å². The van der Waals surface area contributed by atoms with Crippen LogP contribution in [0.1, 0.15) is 23.1 Å². The van der Waals surface area contributed by atoms with Crippen LogP contribution in [-0.4, -0.2) is 45.8 Å². The second-order valence-corrected chi connectivity index (χ2v) is 9.46. The average molecular weight is 540 g/mol. The predicted octanol–water partition coefficient (Wildman–Crippen LogP) is 5.31. The van der Waals surface area contributed by atoms with Gasteiger partial charge in [0.25, 0.3) is 0 Å². The van der Waals surface area contributed by atoms with Gasteiger partial charge < -0.3 is 9.88 Å². The molecule has 0 spiro atoms. The lowest BCUT2D eigenvalue weighted by Gasteiger charge is -2.28. The third kappa shape index (κ3) is 3.83. The number of pyridine rings is 2. The van der Waals surface area contributed by atoms with Gasteiger partial charge in [-0.15, -0.1) is 10.2 Å². The molecule has 0 saturated carbocycles. The fourth-order valence-corrected chi connectivity index (χ4v) is 4.94. The lowest BCUT2D eigenvalue weighted by Crippen LogP contribution is -2.31. The van der Waals surface area contributed by atoms with E-state index in [-0.39, 0.29) is 12.4 Å². The average Bonchev–Trinajstić information content (AvgIpc) is 3.63. The Kier molecular flexibility index (Phi) is 5.71. The van der Waals surface area contributed by atoms with E-state index in [1.807, 2.05) is 0 Å². The van der Waals surface area contributed by atoms with Gasteiger partial charge in [0.1, 0.15) is 24.0 Å². The maximum absolute atomic E-state index is 15.7. The van der Waals surface area contributed by atoms with Crippen molar-refractivity contribution in [2.45, 2.75) is 25.4 Å². The zero-order chi connectivity index (χ0) is 26.6. The van der Waals surface area contributed by atoms with Gasteiger partial charge in [0, 0.05) is 49.4 Å². The number of alkyl halides is 3. The van der Waals surface area contributed by atoms with Crippen LogP contribution in [0.15, 0.2) is 55.1 Å². The number of rotatable bonds is 6. The summed E-state index contributed by atoms with van der Waals surface area (Å²) in [5.41, 5.74) is 1.74. The number of anilines is 2. The maximum atomic E-state index is 15.7. The summed E-state index contributed by atoms with van der Waals surface area (Å²) < 4.78 is 50.2. The molecular weight excluding hydrogens is 519 g/mol. The predicted molar refractivity (Wildman–Crippen MR) is 135 cm³/mol. The van der Waals surface area contributed by atoms with Crippen LogP contribution in [0.5, 0.6) is 0 Å². The van der Waals surface area contributed by atoms with Crippen LogP contribution < -0.4 is 5.32 Å². The molecule has 0 radical (unpaired) electrons. The SMILES string of the molecule is Cc1cccnc1C(F)(F)c1nnc2n1[C@@H](CF)Cn1cc(-c3cc(Nc4ccnn4C)ncc3Cl)cc1-2. The van der Waals surface area contributed by atoms with Crippen molar-refractivity contribution in [3.8, 4) is 22.6 Å². The maximum Gasteiger partial charge on any atom is 0.348 e. The van der Waals surface area contributed by atoms with Crippen molar-refractivity contribution >= 4 is 23.2 Å². The lowest BCUT2D eigenvalue weighted by molar-refractivity contribution is 0.0205. The van der Waals surface area contributed by atoms with Crippen molar-refractivity contribution in [2.24, 2.45) is 7.05 Å². The summed E-state index contributed by atoms with van der Waals surface area (Å²) in [5, 5.41) is 15.6. The van der Waals surface area contributed by atoms with Gasteiger partial charge in [0.2, 0.25) is 5.82 Å². The van der Waals surface area contributed by atoms with E-state index in [9.17, 15) is 4.39 Å². The highest BCUT2D eigenvalue weighted by Gasteiger charge is 2.45. The summed E-state index contributed by atoms with van der Waals surface area (Å²) in [4.78, 5) is 8.22. The molecule has 0 fully saturated rings. The Labute approximate surface area is 219 Å². The van der Waals surface area contributed by atoms with Crippen LogP contribution >= 0.6 is 11.6 Å². The fraction of sp³-hybridized carbons (Fsp3) is 0.240. The van der Waals surface area contributed by atoms with Gasteiger partial charge in [0.15, 0.2) is 5.82 Å². The lowest BCUT2D eigenvalue weighted by atomic mass is 10.1. The molecular formula is C25H21ClF3N9. The minimum atomic E-state index is -3.57. The minimum absolute atomic E-state index is 0.115. The van der Waals surface area contributed by atoms with Crippen LogP contribution in [0.4, 0.5) is 24.8 Å². The van der Waals surface area contributed by atoms with Gasteiger partial charge >= 0.3 is 5.92 Å². The number of aryl methyl sites for hydroxylation is 2. The molecule has 1 aliphatic rings. The first kappa shape index (κ1) is 24.2. The molecule has 0 unspecified atom stereocenters. The van der Waals surface area contributed by atoms with Crippen LogP contribution in [0, 0.1) is 6.92 Å². The van der Waals surface area contributed by atoms with E-state index in [4.69, 9.17) is 11.6 Å². The van der Waals surface area contributed by atoms with Crippen LogP contribution in [0.25, 0.3) is 22.6 Å². The van der Waals surface area contributed by atoms with Crippen molar-refractivity contribution in [3.63, 3.8) is 0 Å². The standard InChI is InChI=1S/C25H21ClF3N9/c1-14-4-3-6-30-22(14)25(28,29)24-35-34-23-19-8-15(12-37(19)13-16(10-27)38(23)24)17-9-20(31-11-18(17)26)33-21-5-7-32-36(21)2/h3-9,11-12,16H,10,13H2,1-2H3,(H,31,33)/t16-/m0/s1. The van der Waals surface area contributed by atoms with Crippen molar-refractivity contribution in [1.82, 2.24) is 39.1 Å². The van der Waals surface area contributed by atoms with Crippen molar-refractivity contribution in [1.29, 1.82) is 0 Å². The summed E-state index contributed by atoms with van der Waals surface area (Å²) in [7, 11) is 1.80. The molecule has 1 atom stereocenters. The number of nitrogens with zero attached hydrogens (tertiary/aromatic N) is 8. The van der Waals surface area contributed by atoms with Gasteiger partial charge in [0.05, 0.1) is 23.0 Å². The zero-order valence-corrected chi connectivity index (χ0v) is 21.0. The van der Waals surface area contributed by atoms with E-state index in [2.05, 4.69) is 30.6 Å². The molecule has 0 saturated heterocycles. The molecule has 0 aromatic carbocycles. The van der Waals surface area contributed by atoms with E-state index >= 15 is 8.78 Å². The number of nitrogens with one attached hydrogen (secondary N) is 1. The van der Waals surface area contributed by atoms with Crippen LogP contribution in [0.3, 0.4) is 0 Å². The summed E-state index contributed by atoms with van der Waals surface area (Å²) in [5.74, 6) is -2.79. The first-order chi connectivity index (χ1) is 18.3. The Hall–Kier alpha value is -4.19. The summed E-state index contributed by atoms with van der Waals surface area (Å²) in [6.45, 7) is 0.782. The molecule has 0 amide bonds. The molecule has 38 heavy (non-hydrogen) atoms. The smallest absolute Gasteiger partial charge is 0.342 e. The van der Waals surface area contributed by atoms with Gasteiger partial charge in [-0.25, -0.2) is 9.37 Å². The highest BCUT2D eigenvalue weighted by atomic mass is 35.5. The van der Waals surface area contributed by atoms with E-state index < -0.39 is 30.2 Å². The largest absolute Gasteiger partial charge is 0.348 e. The molecule has 0 bridgehead atoms. The van der Waals surface area contributed by atoms with Crippen molar-refractivity contribution in [3.05, 3.63) is 77.2 Å². The molecule has 1 aliphatic heterocycles. The number of aromatic nitrogens is 8. The van der Waals surface area contributed by atoms with Gasteiger partial charge in [-0.3, -0.25) is 14.2 Å². The molecule has 0 aliphatic carbocycles. The van der Waals surface area contributed by atoms with Crippen LogP contribution in [-0.2, 0) is 19.5 Å². The molecule has 13 heteroatoms. The third-order valence-corrected chi connectivity index (χ3v) is 6.90.